The van der Waals surface area contributed by atoms with Crippen LogP contribution >= 0.6 is 0 Å². The van der Waals surface area contributed by atoms with Crippen molar-refractivity contribution < 1.29 is 9.59 Å². The lowest BCUT2D eigenvalue weighted by molar-refractivity contribution is -0.134. The van der Waals surface area contributed by atoms with Gasteiger partial charge in [-0.25, -0.2) is 0 Å². The molecule has 0 aromatic carbocycles. The van der Waals surface area contributed by atoms with Gasteiger partial charge in [-0.05, 0) is 29.1 Å². The average Bonchev–Trinajstić information content (AvgIpc) is 2.72. The highest BCUT2D eigenvalue weighted by atomic mass is 16.1. The van der Waals surface area contributed by atoms with Crippen LogP contribution in [0.1, 0.15) is 55.4 Å². The summed E-state index contributed by atoms with van der Waals surface area (Å²) in [6.45, 7) is 17.2. The van der Waals surface area contributed by atoms with E-state index in [1.54, 1.807) is 0 Å². The summed E-state index contributed by atoms with van der Waals surface area (Å²) in [5, 5.41) is 0. The Balaban J connectivity index is 2.38. The fourth-order valence-electron chi connectivity index (χ4n) is 5.40. The Kier molecular flexibility index (Phi) is 4.14. The van der Waals surface area contributed by atoms with Crippen LogP contribution in [0.25, 0.3) is 0 Å². The highest BCUT2D eigenvalue weighted by Crippen LogP contribution is 2.55. The maximum absolute atomic E-state index is 12.8. The minimum absolute atomic E-state index is 0.0244. The van der Waals surface area contributed by atoms with E-state index in [9.17, 15) is 9.59 Å². The summed E-state index contributed by atoms with van der Waals surface area (Å²) >= 11 is 0. The standard InChI is InChI=1S/C19H32O2/c1-9-11(3)15(17(20)13(9)5)19(7,8)16-12(4)10(2)14(6)18(16)21/h9-16H,1-8H3. The first kappa shape index (κ1) is 16.7. The summed E-state index contributed by atoms with van der Waals surface area (Å²) in [6, 6.07) is 0. The summed E-state index contributed by atoms with van der Waals surface area (Å²) in [4.78, 5) is 25.6. The van der Waals surface area contributed by atoms with Crippen molar-refractivity contribution in [1.29, 1.82) is 0 Å². The Morgan fingerprint density at radius 1 is 0.619 bits per heavy atom. The zero-order valence-corrected chi connectivity index (χ0v) is 14.9. The summed E-state index contributed by atoms with van der Waals surface area (Å²) in [6.07, 6.45) is 0. The first-order chi connectivity index (χ1) is 9.53. The molecular formula is C19H32O2. The van der Waals surface area contributed by atoms with Gasteiger partial charge in [0, 0.05) is 23.7 Å². The molecule has 2 aliphatic carbocycles. The summed E-state index contributed by atoms with van der Waals surface area (Å²) in [5.41, 5.74) is -0.231. The second-order valence-corrected chi connectivity index (χ2v) is 8.60. The average molecular weight is 292 g/mol. The Labute approximate surface area is 130 Å². The molecule has 0 aromatic heterocycles. The lowest BCUT2D eigenvalue weighted by Gasteiger charge is -2.41. The molecule has 120 valence electrons. The number of hydrogen-bond acceptors (Lipinski definition) is 2. The van der Waals surface area contributed by atoms with Crippen molar-refractivity contribution >= 4 is 11.6 Å². The Morgan fingerprint density at radius 3 is 1.10 bits per heavy atom. The molecule has 2 aliphatic rings. The van der Waals surface area contributed by atoms with E-state index >= 15 is 0 Å². The Hall–Kier alpha value is -0.660. The lowest BCUT2D eigenvalue weighted by Crippen LogP contribution is -2.42. The maximum Gasteiger partial charge on any atom is 0.139 e. The molecule has 0 saturated heterocycles. The number of carbonyl (C=O) groups is 2. The van der Waals surface area contributed by atoms with Gasteiger partial charge in [-0.1, -0.05) is 55.4 Å². The van der Waals surface area contributed by atoms with Gasteiger partial charge in [0.25, 0.3) is 0 Å². The zero-order chi connectivity index (χ0) is 16.3. The molecule has 2 saturated carbocycles. The van der Waals surface area contributed by atoms with Crippen molar-refractivity contribution in [2.45, 2.75) is 55.4 Å². The van der Waals surface area contributed by atoms with Crippen LogP contribution in [0.5, 0.6) is 0 Å². The molecule has 0 aliphatic heterocycles. The van der Waals surface area contributed by atoms with Gasteiger partial charge in [0.1, 0.15) is 11.6 Å². The predicted molar refractivity (Wildman–Crippen MR) is 85.8 cm³/mol. The molecule has 0 amide bonds. The molecule has 0 N–H and O–H groups in total. The Bertz CT molecular complexity index is 410. The summed E-state index contributed by atoms with van der Waals surface area (Å²) in [7, 11) is 0. The third-order valence-corrected chi connectivity index (χ3v) is 7.40. The smallest absolute Gasteiger partial charge is 0.139 e. The molecule has 0 heterocycles. The largest absolute Gasteiger partial charge is 0.299 e. The number of Topliss-reactive ketones (excluding diaryl/α,β-unsaturated/α-hetero) is 2. The van der Waals surface area contributed by atoms with Gasteiger partial charge >= 0.3 is 0 Å². The molecule has 2 fully saturated rings. The van der Waals surface area contributed by atoms with E-state index in [1.165, 1.54) is 0 Å². The molecule has 0 spiro atoms. The van der Waals surface area contributed by atoms with Crippen LogP contribution in [-0.4, -0.2) is 11.6 Å². The molecule has 21 heavy (non-hydrogen) atoms. The van der Waals surface area contributed by atoms with Crippen molar-refractivity contribution in [2.24, 2.45) is 52.8 Å². The summed E-state index contributed by atoms with van der Waals surface area (Å²) < 4.78 is 0. The first-order valence-corrected chi connectivity index (χ1v) is 8.60. The second kappa shape index (κ2) is 5.21. The Morgan fingerprint density at radius 2 is 0.905 bits per heavy atom. The molecule has 8 unspecified atom stereocenters. The quantitative estimate of drug-likeness (QED) is 0.763. The number of carbonyl (C=O) groups excluding carboxylic acids is 2. The van der Waals surface area contributed by atoms with E-state index in [4.69, 9.17) is 0 Å². The van der Waals surface area contributed by atoms with Crippen LogP contribution in [0.4, 0.5) is 0 Å². The van der Waals surface area contributed by atoms with Crippen molar-refractivity contribution in [3.63, 3.8) is 0 Å². The van der Waals surface area contributed by atoms with E-state index in [2.05, 4.69) is 55.4 Å². The molecule has 2 nitrogen and oxygen atoms in total. The SMILES string of the molecule is CC1C(=O)C(C(C)(C)C2C(=O)C(C)C(C)C2C)C(C)C1C. The van der Waals surface area contributed by atoms with Gasteiger partial charge in [0.05, 0.1) is 0 Å². The highest BCUT2D eigenvalue weighted by molar-refractivity contribution is 5.90. The first-order valence-electron chi connectivity index (χ1n) is 8.60. The van der Waals surface area contributed by atoms with Gasteiger partial charge in [0.2, 0.25) is 0 Å². The molecular weight excluding hydrogens is 260 g/mol. The fourth-order valence-corrected chi connectivity index (χ4v) is 5.40. The fraction of sp³-hybridized carbons (Fsp3) is 0.895. The normalized spacial score (nSPS) is 48.2. The minimum Gasteiger partial charge on any atom is -0.299 e. The zero-order valence-electron chi connectivity index (χ0n) is 14.9. The molecule has 2 heteroatoms. The van der Waals surface area contributed by atoms with Crippen molar-refractivity contribution in [2.75, 3.05) is 0 Å². The van der Waals surface area contributed by atoms with Crippen LogP contribution in [-0.2, 0) is 9.59 Å². The van der Waals surface area contributed by atoms with Crippen LogP contribution in [0.3, 0.4) is 0 Å². The minimum atomic E-state index is -0.231. The van der Waals surface area contributed by atoms with Crippen molar-refractivity contribution in [3.05, 3.63) is 0 Å². The van der Waals surface area contributed by atoms with E-state index in [-0.39, 0.29) is 29.1 Å². The molecule has 0 radical (unpaired) electrons. The van der Waals surface area contributed by atoms with Gasteiger partial charge in [0.15, 0.2) is 0 Å². The predicted octanol–water partition coefficient (Wildman–Crippen LogP) is 4.23. The van der Waals surface area contributed by atoms with E-state index in [0.29, 0.717) is 35.2 Å². The van der Waals surface area contributed by atoms with Crippen LogP contribution in [0.15, 0.2) is 0 Å². The molecule has 0 bridgehead atoms. The van der Waals surface area contributed by atoms with Crippen molar-refractivity contribution in [3.8, 4) is 0 Å². The lowest BCUT2D eigenvalue weighted by atomic mass is 9.62. The topological polar surface area (TPSA) is 34.1 Å². The second-order valence-electron chi connectivity index (χ2n) is 8.60. The third-order valence-electron chi connectivity index (χ3n) is 7.40. The number of ketones is 2. The van der Waals surface area contributed by atoms with E-state index in [0.717, 1.165) is 0 Å². The van der Waals surface area contributed by atoms with Gasteiger partial charge in [-0.2, -0.15) is 0 Å². The van der Waals surface area contributed by atoms with Gasteiger partial charge < -0.3 is 0 Å². The van der Waals surface area contributed by atoms with Crippen molar-refractivity contribution in [1.82, 2.24) is 0 Å². The summed E-state index contributed by atoms with van der Waals surface area (Å²) in [5.74, 6) is 2.65. The van der Waals surface area contributed by atoms with Crippen LogP contribution < -0.4 is 0 Å². The molecule has 2 rings (SSSR count). The maximum atomic E-state index is 12.8. The van der Waals surface area contributed by atoms with E-state index < -0.39 is 0 Å². The van der Waals surface area contributed by atoms with Crippen LogP contribution in [0.2, 0.25) is 0 Å². The van der Waals surface area contributed by atoms with Crippen LogP contribution in [0, 0.1) is 52.8 Å². The number of rotatable bonds is 2. The molecule has 0 aromatic rings. The molecule has 8 atom stereocenters. The highest BCUT2D eigenvalue weighted by Gasteiger charge is 2.58. The number of hydrogen-bond donors (Lipinski definition) is 0. The monoisotopic (exact) mass is 292 g/mol. The van der Waals surface area contributed by atoms with Gasteiger partial charge in [-0.3, -0.25) is 9.59 Å². The van der Waals surface area contributed by atoms with E-state index in [1.807, 2.05) is 0 Å². The third kappa shape index (κ3) is 2.21. The van der Waals surface area contributed by atoms with Gasteiger partial charge in [-0.15, -0.1) is 0 Å².